The van der Waals surface area contributed by atoms with E-state index >= 15 is 0 Å². The van der Waals surface area contributed by atoms with E-state index in [9.17, 15) is 13.2 Å². The highest BCUT2D eigenvalue weighted by Crippen LogP contribution is 2.17. The summed E-state index contributed by atoms with van der Waals surface area (Å²) in [6, 6.07) is -0.307. The highest BCUT2D eigenvalue weighted by molar-refractivity contribution is 7.91. The maximum Gasteiger partial charge on any atom is 0.237 e. The van der Waals surface area contributed by atoms with Crippen molar-refractivity contribution in [3.63, 3.8) is 0 Å². The molecule has 1 heterocycles. The van der Waals surface area contributed by atoms with Gasteiger partial charge in [0.2, 0.25) is 5.91 Å². The Labute approximate surface area is 103 Å². The molecule has 17 heavy (non-hydrogen) atoms. The molecule has 1 aliphatic rings. The Balaban J connectivity index is 2.26. The van der Waals surface area contributed by atoms with Crippen LogP contribution in [0.3, 0.4) is 0 Å². The lowest BCUT2D eigenvalue weighted by Gasteiger charge is -2.15. The minimum atomic E-state index is -2.83. The van der Waals surface area contributed by atoms with E-state index in [-0.39, 0.29) is 29.4 Å². The smallest absolute Gasteiger partial charge is 0.237 e. The Hall–Kier alpha value is -0.880. The number of hydrogen-bond donors (Lipinski definition) is 2. The third-order valence-electron chi connectivity index (χ3n) is 2.85. The van der Waals surface area contributed by atoms with Gasteiger partial charge >= 0.3 is 0 Å². The third-order valence-corrected chi connectivity index (χ3v) is 4.69. The van der Waals surface area contributed by atoms with Gasteiger partial charge in [0.15, 0.2) is 9.84 Å². The Morgan fingerprint density at radius 3 is 2.82 bits per heavy atom. The number of carbonyl (C=O) groups is 1. The quantitative estimate of drug-likeness (QED) is 0.643. The SMILES string of the molecule is C=CCNC(=O)C(C)NCC1CCS(=O)(=O)C1. The van der Waals surface area contributed by atoms with Gasteiger partial charge in [-0.05, 0) is 25.8 Å². The van der Waals surface area contributed by atoms with E-state index in [0.29, 0.717) is 19.5 Å². The second kappa shape index (κ2) is 6.16. The van der Waals surface area contributed by atoms with Crippen LogP contribution in [0.1, 0.15) is 13.3 Å². The number of sulfone groups is 1. The summed E-state index contributed by atoms with van der Waals surface area (Å²) >= 11 is 0. The molecular weight excluding hydrogens is 240 g/mol. The van der Waals surface area contributed by atoms with Crippen LogP contribution in [0.25, 0.3) is 0 Å². The van der Waals surface area contributed by atoms with Crippen LogP contribution < -0.4 is 10.6 Å². The van der Waals surface area contributed by atoms with E-state index < -0.39 is 9.84 Å². The molecule has 0 radical (unpaired) electrons. The highest BCUT2D eigenvalue weighted by Gasteiger charge is 2.28. The number of nitrogens with one attached hydrogen (secondary N) is 2. The lowest BCUT2D eigenvalue weighted by molar-refractivity contribution is -0.122. The fourth-order valence-electron chi connectivity index (χ4n) is 1.79. The van der Waals surface area contributed by atoms with Gasteiger partial charge in [-0.2, -0.15) is 0 Å². The number of hydrogen-bond acceptors (Lipinski definition) is 4. The van der Waals surface area contributed by atoms with Gasteiger partial charge < -0.3 is 10.6 Å². The Morgan fingerprint density at radius 2 is 2.29 bits per heavy atom. The Kier molecular flexibility index (Phi) is 5.14. The molecule has 1 aliphatic heterocycles. The van der Waals surface area contributed by atoms with Gasteiger partial charge in [0, 0.05) is 6.54 Å². The van der Waals surface area contributed by atoms with E-state index in [0.717, 1.165) is 0 Å². The van der Waals surface area contributed by atoms with E-state index in [4.69, 9.17) is 0 Å². The minimum absolute atomic E-state index is 0.0919. The van der Waals surface area contributed by atoms with Gasteiger partial charge in [0.05, 0.1) is 17.5 Å². The summed E-state index contributed by atoms with van der Waals surface area (Å²) in [5.41, 5.74) is 0. The molecule has 2 atom stereocenters. The van der Waals surface area contributed by atoms with Crippen LogP contribution in [0.15, 0.2) is 12.7 Å². The van der Waals surface area contributed by atoms with Gasteiger partial charge in [-0.15, -0.1) is 6.58 Å². The van der Waals surface area contributed by atoms with Gasteiger partial charge in [-0.25, -0.2) is 8.42 Å². The summed E-state index contributed by atoms with van der Waals surface area (Å²) in [5.74, 6) is 0.553. The lowest BCUT2D eigenvalue weighted by atomic mass is 10.1. The van der Waals surface area contributed by atoms with Crippen LogP contribution in [0.2, 0.25) is 0 Å². The largest absolute Gasteiger partial charge is 0.351 e. The van der Waals surface area contributed by atoms with Crippen LogP contribution >= 0.6 is 0 Å². The van der Waals surface area contributed by atoms with E-state index in [2.05, 4.69) is 17.2 Å². The molecule has 0 aliphatic carbocycles. The van der Waals surface area contributed by atoms with Crippen LogP contribution in [-0.4, -0.2) is 45.0 Å². The molecule has 0 aromatic heterocycles. The number of rotatable bonds is 6. The number of carbonyl (C=O) groups excluding carboxylic acids is 1. The molecule has 2 unspecified atom stereocenters. The zero-order valence-corrected chi connectivity index (χ0v) is 10.9. The molecule has 0 bridgehead atoms. The van der Waals surface area contributed by atoms with Crippen molar-refractivity contribution in [3.8, 4) is 0 Å². The molecule has 1 rings (SSSR count). The molecule has 6 heteroatoms. The van der Waals surface area contributed by atoms with Crippen molar-refractivity contribution < 1.29 is 13.2 Å². The molecule has 98 valence electrons. The van der Waals surface area contributed by atoms with Crippen molar-refractivity contribution in [1.29, 1.82) is 0 Å². The molecular formula is C11H20N2O3S. The first kappa shape index (κ1) is 14.2. The first-order valence-corrected chi connectivity index (χ1v) is 7.59. The third kappa shape index (κ3) is 4.87. The van der Waals surface area contributed by atoms with Crippen molar-refractivity contribution >= 4 is 15.7 Å². The molecule has 0 aromatic rings. The topological polar surface area (TPSA) is 75.3 Å². The zero-order chi connectivity index (χ0) is 12.9. The van der Waals surface area contributed by atoms with E-state index in [1.807, 2.05) is 0 Å². The summed E-state index contributed by atoms with van der Waals surface area (Å²) in [6.45, 7) is 6.30. The van der Waals surface area contributed by atoms with Crippen molar-refractivity contribution in [2.75, 3.05) is 24.6 Å². The van der Waals surface area contributed by atoms with Gasteiger partial charge in [-0.1, -0.05) is 6.08 Å². The average Bonchev–Trinajstić information content (AvgIpc) is 2.62. The molecule has 1 fully saturated rings. The lowest BCUT2D eigenvalue weighted by Crippen LogP contribution is -2.44. The molecule has 0 aromatic carbocycles. The summed E-state index contributed by atoms with van der Waals surface area (Å²) in [4.78, 5) is 11.5. The van der Waals surface area contributed by atoms with Gasteiger partial charge in [-0.3, -0.25) is 4.79 Å². The van der Waals surface area contributed by atoms with Crippen molar-refractivity contribution in [1.82, 2.24) is 10.6 Å². The average molecular weight is 260 g/mol. The molecule has 0 saturated carbocycles. The maximum absolute atomic E-state index is 11.5. The highest BCUT2D eigenvalue weighted by atomic mass is 32.2. The predicted octanol–water partition coefficient (Wildman–Crippen LogP) is -0.299. The second-order valence-corrected chi connectivity index (χ2v) is 6.66. The van der Waals surface area contributed by atoms with E-state index in [1.165, 1.54) is 0 Å². The summed E-state index contributed by atoms with van der Waals surface area (Å²) in [7, 11) is -2.83. The van der Waals surface area contributed by atoms with E-state index in [1.54, 1.807) is 13.0 Å². The van der Waals surface area contributed by atoms with Crippen LogP contribution in [0, 0.1) is 5.92 Å². The molecule has 5 nitrogen and oxygen atoms in total. The van der Waals surface area contributed by atoms with Crippen LogP contribution in [0.5, 0.6) is 0 Å². The first-order chi connectivity index (χ1) is 7.94. The molecule has 1 saturated heterocycles. The maximum atomic E-state index is 11.5. The Bertz CT molecular complexity index is 378. The standard InChI is InChI=1S/C11H20N2O3S/c1-3-5-12-11(14)9(2)13-7-10-4-6-17(15,16)8-10/h3,9-10,13H,1,4-8H2,2H3,(H,12,14). The fraction of sp³-hybridized carbons (Fsp3) is 0.727. The molecule has 1 amide bonds. The molecule has 2 N–H and O–H groups in total. The van der Waals surface area contributed by atoms with Crippen LogP contribution in [0.4, 0.5) is 0 Å². The monoisotopic (exact) mass is 260 g/mol. The predicted molar refractivity (Wildman–Crippen MR) is 67.4 cm³/mol. The summed E-state index contributed by atoms with van der Waals surface area (Å²) in [5, 5.41) is 5.75. The first-order valence-electron chi connectivity index (χ1n) is 5.77. The van der Waals surface area contributed by atoms with Crippen molar-refractivity contribution in [3.05, 3.63) is 12.7 Å². The second-order valence-electron chi connectivity index (χ2n) is 4.43. The summed E-state index contributed by atoms with van der Waals surface area (Å²) in [6.07, 6.45) is 2.31. The number of amides is 1. The van der Waals surface area contributed by atoms with Crippen molar-refractivity contribution in [2.24, 2.45) is 5.92 Å². The fourth-order valence-corrected chi connectivity index (χ4v) is 3.66. The van der Waals surface area contributed by atoms with Crippen LogP contribution in [-0.2, 0) is 14.6 Å². The van der Waals surface area contributed by atoms with Crippen molar-refractivity contribution in [2.45, 2.75) is 19.4 Å². The molecule has 0 spiro atoms. The Morgan fingerprint density at radius 1 is 1.59 bits per heavy atom. The minimum Gasteiger partial charge on any atom is -0.351 e. The summed E-state index contributed by atoms with van der Waals surface area (Å²) < 4.78 is 22.5. The van der Waals surface area contributed by atoms with Gasteiger partial charge in [0.1, 0.15) is 0 Å². The van der Waals surface area contributed by atoms with Gasteiger partial charge in [0.25, 0.3) is 0 Å². The normalized spacial score (nSPS) is 24.2. The zero-order valence-electron chi connectivity index (χ0n) is 10.1.